The number of nitrogens with one attached hydrogen (secondary N) is 2. The summed E-state index contributed by atoms with van der Waals surface area (Å²) in [6.45, 7) is 0. The molecule has 0 saturated heterocycles. The highest BCUT2D eigenvalue weighted by Crippen LogP contribution is 2.33. The van der Waals surface area contributed by atoms with Gasteiger partial charge in [0.05, 0.1) is 15.7 Å². The zero-order valence-corrected chi connectivity index (χ0v) is 19.6. The van der Waals surface area contributed by atoms with E-state index in [1.54, 1.807) is 42.5 Å². The van der Waals surface area contributed by atoms with Crippen LogP contribution in [0.5, 0.6) is 0 Å². The van der Waals surface area contributed by atoms with E-state index < -0.39 is 11.8 Å². The van der Waals surface area contributed by atoms with E-state index in [9.17, 15) is 14.4 Å². The van der Waals surface area contributed by atoms with Crippen molar-refractivity contribution >= 4 is 81.2 Å². The third-order valence-electron chi connectivity index (χ3n) is 4.67. The summed E-state index contributed by atoms with van der Waals surface area (Å²) in [7, 11) is 0. The van der Waals surface area contributed by atoms with Gasteiger partial charge in [0.1, 0.15) is 10.7 Å². The van der Waals surface area contributed by atoms with Crippen LogP contribution in [-0.4, -0.2) is 17.7 Å². The molecule has 0 saturated carbocycles. The Bertz CT molecular complexity index is 1340. The van der Waals surface area contributed by atoms with Gasteiger partial charge in [-0.05, 0) is 54.6 Å². The maximum Gasteiger partial charge on any atom is 0.283 e. The Hall–Kier alpha value is -3.03. The summed E-state index contributed by atoms with van der Waals surface area (Å²) in [4.78, 5) is 39.1. The van der Waals surface area contributed by atoms with Crippen molar-refractivity contribution in [3.05, 3.63) is 98.1 Å². The first-order chi connectivity index (χ1) is 15.7. The van der Waals surface area contributed by atoms with E-state index in [1.807, 2.05) is 0 Å². The van der Waals surface area contributed by atoms with Gasteiger partial charge in [0.2, 0.25) is 0 Å². The minimum atomic E-state index is -0.711. The predicted octanol–water partition coefficient (Wildman–Crippen LogP) is 6.33. The second-order valence-electron chi connectivity index (χ2n) is 6.90. The highest BCUT2D eigenvalue weighted by molar-refractivity contribution is 6.53. The molecule has 0 atom stereocenters. The van der Waals surface area contributed by atoms with E-state index >= 15 is 0 Å². The van der Waals surface area contributed by atoms with Crippen LogP contribution in [0.2, 0.25) is 15.1 Å². The van der Waals surface area contributed by atoms with Gasteiger partial charge in [0, 0.05) is 22.0 Å². The maximum atomic E-state index is 13.0. The quantitative estimate of drug-likeness (QED) is 0.385. The van der Waals surface area contributed by atoms with E-state index in [4.69, 9.17) is 46.4 Å². The van der Waals surface area contributed by atoms with Crippen LogP contribution in [0.15, 0.2) is 77.5 Å². The normalized spacial score (nSPS) is 13.5. The summed E-state index contributed by atoms with van der Waals surface area (Å²) >= 11 is 24.0. The van der Waals surface area contributed by atoms with Crippen molar-refractivity contribution in [2.24, 2.45) is 0 Å². The minimum absolute atomic E-state index is 0.125. The van der Waals surface area contributed by atoms with Crippen LogP contribution in [-0.2, 0) is 9.59 Å². The van der Waals surface area contributed by atoms with Crippen molar-refractivity contribution < 1.29 is 14.4 Å². The highest BCUT2D eigenvalue weighted by atomic mass is 35.5. The van der Waals surface area contributed by atoms with Crippen LogP contribution in [0.25, 0.3) is 0 Å². The zero-order chi connectivity index (χ0) is 23.7. The number of anilines is 3. The molecule has 10 heteroatoms. The molecule has 6 nitrogen and oxygen atoms in total. The number of amides is 3. The largest absolute Gasteiger partial charge is 0.350 e. The lowest BCUT2D eigenvalue weighted by Gasteiger charge is -2.16. The lowest BCUT2D eigenvalue weighted by molar-refractivity contribution is -0.120. The van der Waals surface area contributed by atoms with Crippen LogP contribution in [0, 0.1) is 0 Å². The first kappa shape index (κ1) is 23.1. The molecule has 33 heavy (non-hydrogen) atoms. The molecule has 0 radical (unpaired) electrons. The molecule has 166 valence electrons. The van der Waals surface area contributed by atoms with Gasteiger partial charge in [-0.25, -0.2) is 4.90 Å². The van der Waals surface area contributed by atoms with Crippen LogP contribution in [0.1, 0.15) is 10.4 Å². The molecular weight excluding hydrogens is 508 g/mol. The van der Waals surface area contributed by atoms with Crippen LogP contribution in [0.3, 0.4) is 0 Å². The molecule has 0 aromatic heterocycles. The van der Waals surface area contributed by atoms with E-state index in [1.165, 1.54) is 24.3 Å². The number of benzene rings is 3. The van der Waals surface area contributed by atoms with Crippen molar-refractivity contribution in [2.45, 2.75) is 0 Å². The summed E-state index contributed by atoms with van der Waals surface area (Å²) in [6.07, 6.45) is 0. The standard InChI is InChI=1S/C23H13Cl4N3O3/c24-13-4-2-6-15(10-13)29-21(31)12-3-1-5-14(9-12)28-20-19(27)22(32)30(23(20)33)16-7-8-17(25)18(26)11-16/h1-11,28H,(H,29,31). The van der Waals surface area contributed by atoms with Gasteiger partial charge in [0.15, 0.2) is 0 Å². The van der Waals surface area contributed by atoms with Crippen molar-refractivity contribution in [3.8, 4) is 0 Å². The molecule has 1 aliphatic rings. The third kappa shape index (κ3) is 4.84. The second kappa shape index (κ2) is 9.45. The lowest BCUT2D eigenvalue weighted by atomic mass is 10.1. The molecule has 0 unspecified atom stereocenters. The van der Waals surface area contributed by atoms with Gasteiger partial charge in [-0.1, -0.05) is 58.5 Å². The fourth-order valence-corrected chi connectivity index (χ4v) is 3.82. The fourth-order valence-electron chi connectivity index (χ4n) is 3.12. The Morgan fingerprint density at radius 1 is 0.758 bits per heavy atom. The summed E-state index contributed by atoms with van der Waals surface area (Å²) in [5.74, 6) is -1.76. The molecule has 0 spiro atoms. The first-order valence-corrected chi connectivity index (χ1v) is 10.9. The van der Waals surface area contributed by atoms with Gasteiger partial charge < -0.3 is 10.6 Å². The monoisotopic (exact) mass is 519 g/mol. The number of imide groups is 1. The van der Waals surface area contributed by atoms with Crippen molar-refractivity contribution in [3.63, 3.8) is 0 Å². The van der Waals surface area contributed by atoms with Crippen LogP contribution in [0.4, 0.5) is 17.1 Å². The van der Waals surface area contributed by atoms with E-state index in [2.05, 4.69) is 10.6 Å². The lowest BCUT2D eigenvalue weighted by Crippen LogP contribution is -2.32. The van der Waals surface area contributed by atoms with Gasteiger partial charge in [-0.2, -0.15) is 0 Å². The second-order valence-corrected chi connectivity index (χ2v) is 8.53. The van der Waals surface area contributed by atoms with Gasteiger partial charge in [-0.3, -0.25) is 14.4 Å². The molecule has 0 bridgehead atoms. The smallest absolute Gasteiger partial charge is 0.283 e. The minimum Gasteiger partial charge on any atom is -0.350 e. The number of hydrogen-bond donors (Lipinski definition) is 2. The molecule has 1 heterocycles. The predicted molar refractivity (Wildman–Crippen MR) is 131 cm³/mol. The summed E-state index contributed by atoms with van der Waals surface area (Å²) in [5.41, 5.74) is 1.34. The Kier molecular flexibility index (Phi) is 6.63. The van der Waals surface area contributed by atoms with Crippen molar-refractivity contribution in [1.82, 2.24) is 0 Å². The zero-order valence-electron chi connectivity index (χ0n) is 16.5. The highest BCUT2D eigenvalue weighted by Gasteiger charge is 2.39. The van der Waals surface area contributed by atoms with E-state index in [0.717, 1.165) is 4.90 Å². The molecule has 3 aromatic rings. The molecule has 0 fully saturated rings. The summed E-state index contributed by atoms with van der Waals surface area (Å²) in [5, 5.41) is 6.24. The third-order valence-corrected chi connectivity index (χ3v) is 5.99. The van der Waals surface area contributed by atoms with E-state index in [-0.39, 0.29) is 32.4 Å². The Morgan fingerprint density at radius 3 is 2.21 bits per heavy atom. The Balaban J connectivity index is 1.55. The Labute approximate surface area is 208 Å². The number of nitrogens with zero attached hydrogens (tertiary/aromatic N) is 1. The molecule has 2 N–H and O–H groups in total. The molecule has 4 rings (SSSR count). The van der Waals surface area contributed by atoms with Crippen LogP contribution >= 0.6 is 46.4 Å². The topological polar surface area (TPSA) is 78.5 Å². The van der Waals surface area contributed by atoms with E-state index in [0.29, 0.717) is 22.0 Å². The van der Waals surface area contributed by atoms with Gasteiger partial charge >= 0.3 is 0 Å². The molecular formula is C23H13Cl4N3O3. The SMILES string of the molecule is O=C(Nc1cccc(Cl)c1)c1cccc(NC2=C(Cl)C(=O)N(c3ccc(Cl)c(Cl)c3)C2=O)c1. The van der Waals surface area contributed by atoms with Crippen molar-refractivity contribution in [1.29, 1.82) is 0 Å². The number of rotatable bonds is 5. The summed E-state index contributed by atoms with van der Waals surface area (Å²) < 4.78 is 0. The van der Waals surface area contributed by atoms with Crippen LogP contribution < -0.4 is 15.5 Å². The summed E-state index contributed by atoms with van der Waals surface area (Å²) in [6, 6.07) is 17.5. The average molecular weight is 521 g/mol. The molecule has 1 aliphatic heterocycles. The van der Waals surface area contributed by atoms with Crippen molar-refractivity contribution in [2.75, 3.05) is 15.5 Å². The fraction of sp³-hybridized carbons (Fsp3) is 0. The number of hydrogen-bond acceptors (Lipinski definition) is 4. The molecule has 3 aromatic carbocycles. The Morgan fingerprint density at radius 2 is 1.48 bits per heavy atom. The number of halogens is 4. The van der Waals surface area contributed by atoms with Gasteiger partial charge in [-0.15, -0.1) is 0 Å². The molecule has 3 amide bonds. The first-order valence-electron chi connectivity index (χ1n) is 9.42. The van der Waals surface area contributed by atoms with Gasteiger partial charge in [0.25, 0.3) is 17.7 Å². The maximum absolute atomic E-state index is 13.0. The molecule has 0 aliphatic carbocycles. The average Bonchev–Trinajstić information content (AvgIpc) is 2.99. The number of carbonyl (C=O) groups excluding carboxylic acids is 3. The number of carbonyl (C=O) groups is 3.